The number of hydrogen-bond donors (Lipinski definition) is 0. The SMILES string of the molecule is CCC/C=C/C=C/CP. The molecule has 0 fully saturated rings. The Hall–Kier alpha value is -0.0900. The van der Waals surface area contributed by atoms with E-state index in [4.69, 9.17) is 0 Å². The third-order valence-electron chi connectivity index (χ3n) is 0.975. The summed E-state index contributed by atoms with van der Waals surface area (Å²) in [5, 5.41) is 0. The Labute approximate surface area is 60.2 Å². The monoisotopic (exact) mass is 142 g/mol. The molecule has 0 aliphatic rings. The lowest BCUT2D eigenvalue weighted by atomic mass is 10.3. The Balaban J connectivity index is 3.13. The zero-order valence-electron chi connectivity index (χ0n) is 6.01. The van der Waals surface area contributed by atoms with Crippen LogP contribution in [0.1, 0.15) is 19.8 Å². The normalized spacial score (nSPS) is 11.8. The standard InChI is InChI=1S/C8H15P/c1-2-3-4-5-6-7-8-9/h4-7H,2-3,8-9H2,1H3/b5-4+,7-6+. The average molecular weight is 142 g/mol. The van der Waals surface area contributed by atoms with E-state index >= 15 is 0 Å². The molecule has 0 spiro atoms. The molecule has 52 valence electrons. The van der Waals surface area contributed by atoms with Gasteiger partial charge in [0.1, 0.15) is 0 Å². The van der Waals surface area contributed by atoms with Gasteiger partial charge in [0, 0.05) is 0 Å². The highest BCUT2D eigenvalue weighted by molar-refractivity contribution is 7.16. The van der Waals surface area contributed by atoms with Gasteiger partial charge in [-0.05, 0) is 12.6 Å². The van der Waals surface area contributed by atoms with Crippen molar-refractivity contribution in [1.82, 2.24) is 0 Å². The Bertz CT molecular complexity index is 92.7. The molecule has 1 atom stereocenters. The second-order valence-corrected chi connectivity index (χ2v) is 2.35. The fourth-order valence-corrected chi connectivity index (χ4v) is 0.656. The van der Waals surface area contributed by atoms with E-state index in [-0.39, 0.29) is 0 Å². The lowest BCUT2D eigenvalue weighted by molar-refractivity contribution is 0.959. The molecule has 0 saturated heterocycles. The summed E-state index contributed by atoms with van der Waals surface area (Å²) in [4.78, 5) is 0. The summed E-state index contributed by atoms with van der Waals surface area (Å²) < 4.78 is 0. The minimum absolute atomic E-state index is 1.05. The van der Waals surface area contributed by atoms with Gasteiger partial charge in [0.05, 0.1) is 0 Å². The minimum atomic E-state index is 1.05. The van der Waals surface area contributed by atoms with Gasteiger partial charge >= 0.3 is 0 Å². The van der Waals surface area contributed by atoms with Crippen LogP contribution < -0.4 is 0 Å². The van der Waals surface area contributed by atoms with Gasteiger partial charge in [-0.1, -0.05) is 37.6 Å². The van der Waals surface area contributed by atoms with Crippen molar-refractivity contribution in [2.45, 2.75) is 19.8 Å². The van der Waals surface area contributed by atoms with E-state index in [1.165, 1.54) is 12.8 Å². The van der Waals surface area contributed by atoms with Gasteiger partial charge in [-0.15, -0.1) is 9.24 Å². The van der Waals surface area contributed by atoms with E-state index in [9.17, 15) is 0 Å². The summed E-state index contributed by atoms with van der Waals surface area (Å²) in [6.07, 6.45) is 12.0. The van der Waals surface area contributed by atoms with Gasteiger partial charge in [-0.3, -0.25) is 0 Å². The van der Waals surface area contributed by atoms with Gasteiger partial charge in [-0.2, -0.15) is 0 Å². The zero-order valence-corrected chi connectivity index (χ0v) is 7.16. The van der Waals surface area contributed by atoms with Crippen molar-refractivity contribution in [3.63, 3.8) is 0 Å². The maximum atomic E-state index is 2.66. The van der Waals surface area contributed by atoms with Crippen LogP contribution in [-0.4, -0.2) is 6.16 Å². The summed E-state index contributed by atoms with van der Waals surface area (Å²) in [5.74, 6) is 0. The molecule has 0 rings (SSSR count). The van der Waals surface area contributed by atoms with Gasteiger partial charge in [0.2, 0.25) is 0 Å². The summed E-state index contributed by atoms with van der Waals surface area (Å²) >= 11 is 0. The molecular weight excluding hydrogens is 127 g/mol. The summed E-state index contributed by atoms with van der Waals surface area (Å²) in [7, 11) is 2.66. The van der Waals surface area contributed by atoms with Crippen molar-refractivity contribution in [1.29, 1.82) is 0 Å². The number of hydrogen-bond acceptors (Lipinski definition) is 0. The molecule has 0 radical (unpaired) electrons. The van der Waals surface area contributed by atoms with Crippen LogP contribution in [0.2, 0.25) is 0 Å². The molecule has 0 aromatic carbocycles. The van der Waals surface area contributed by atoms with E-state index in [1.54, 1.807) is 0 Å². The summed E-state index contributed by atoms with van der Waals surface area (Å²) in [5.41, 5.74) is 0. The van der Waals surface area contributed by atoms with E-state index in [0.717, 1.165) is 6.16 Å². The van der Waals surface area contributed by atoms with Crippen LogP contribution in [0.15, 0.2) is 24.3 Å². The van der Waals surface area contributed by atoms with Crippen LogP contribution in [0.5, 0.6) is 0 Å². The van der Waals surface area contributed by atoms with Gasteiger partial charge in [-0.25, -0.2) is 0 Å². The number of rotatable bonds is 4. The predicted molar refractivity (Wildman–Crippen MR) is 47.8 cm³/mol. The second kappa shape index (κ2) is 7.91. The average Bonchev–Trinajstić information content (AvgIpc) is 1.89. The van der Waals surface area contributed by atoms with Gasteiger partial charge in [0.25, 0.3) is 0 Å². The van der Waals surface area contributed by atoms with Gasteiger partial charge in [0.15, 0.2) is 0 Å². The van der Waals surface area contributed by atoms with Crippen LogP contribution in [0, 0.1) is 0 Å². The van der Waals surface area contributed by atoms with E-state index in [0.29, 0.717) is 0 Å². The largest absolute Gasteiger partial charge is 0.134 e. The summed E-state index contributed by atoms with van der Waals surface area (Å²) in [6.45, 7) is 2.18. The first-order valence-corrected chi connectivity index (χ1v) is 4.25. The van der Waals surface area contributed by atoms with E-state index < -0.39 is 0 Å². The van der Waals surface area contributed by atoms with Crippen molar-refractivity contribution in [3.8, 4) is 0 Å². The molecule has 0 N–H and O–H groups in total. The smallest absolute Gasteiger partial charge is 0.0197 e. The van der Waals surface area contributed by atoms with Crippen LogP contribution in [0.3, 0.4) is 0 Å². The molecule has 1 unspecified atom stereocenters. The molecule has 0 aliphatic heterocycles. The highest BCUT2D eigenvalue weighted by Gasteiger charge is 1.68. The Morgan fingerprint density at radius 1 is 1.22 bits per heavy atom. The quantitative estimate of drug-likeness (QED) is 0.418. The lowest BCUT2D eigenvalue weighted by Gasteiger charge is -1.79. The fourth-order valence-electron chi connectivity index (χ4n) is 0.499. The van der Waals surface area contributed by atoms with Crippen molar-refractivity contribution in [2.75, 3.05) is 6.16 Å². The van der Waals surface area contributed by atoms with Crippen molar-refractivity contribution >= 4 is 9.24 Å². The predicted octanol–water partition coefficient (Wildman–Crippen LogP) is 2.77. The van der Waals surface area contributed by atoms with Crippen molar-refractivity contribution < 1.29 is 0 Å². The maximum Gasteiger partial charge on any atom is -0.0197 e. The molecule has 0 aliphatic carbocycles. The van der Waals surface area contributed by atoms with E-state index in [1.807, 2.05) is 0 Å². The van der Waals surface area contributed by atoms with Crippen molar-refractivity contribution in [2.24, 2.45) is 0 Å². The first-order chi connectivity index (χ1) is 4.41. The highest BCUT2D eigenvalue weighted by atomic mass is 31.0. The second-order valence-electron chi connectivity index (χ2n) is 1.88. The highest BCUT2D eigenvalue weighted by Crippen LogP contribution is 1.89. The molecule has 9 heavy (non-hydrogen) atoms. The minimum Gasteiger partial charge on any atom is -0.134 e. The molecule has 0 saturated carbocycles. The molecule has 0 bridgehead atoms. The third kappa shape index (κ3) is 7.91. The third-order valence-corrected chi connectivity index (χ3v) is 1.25. The van der Waals surface area contributed by atoms with Crippen LogP contribution in [-0.2, 0) is 0 Å². The van der Waals surface area contributed by atoms with Crippen LogP contribution in [0.4, 0.5) is 0 Å². The molecule has 0 amide bonds. The molecule has 0 aromatic rings. The van der Waals surface area contributed by atoms with Crippen LogP contribution >= 0.6 is 9.24 Å². The molecular formula is C8H15P. The fraction of sp³-hybridized carbons (Fsp3) is 0.500. The number of unbranched alkanes of at least 4 members (excludes halogenated alkanes) is 1. The van der Waals surface area contributed by atoms with E-state index in [2.05, 4.69) is 40.5 Å². The van der Waals surface area contributed by atoms with Crippen LogP contribution in [0.25, 0.3) is 0 Å². The number of allylic oxidation sites excluding steroid dienone is 4. The Morgan fingerprint density at radius 2 is 1.89 bits per heavy atom. The summed E-state index contributed by atoms with van der Waals surface area (Å²) in [6, 6.07) is 0. The molecule has 1 heteroatoms. The van der Waals surface area contributed by atoms with Crippen molar-refractivity contribution in [3.05, 3.63) is 24.3 Å². The molecule has 0 heterocycles. The van der Waals surface area contributed by atoms with Gasteiger partial charge < -0.3 is 0 Å². The first-order valence-electron chi connectivity index (χ1n) is 3.43. The molecule has 0 nitrogen and oxygen atoms in total. The Kier molecular flexibility index (Phi) is 7.83. The topological polar surface area (TPSA) is 0 Å². The zero-order chi connectivity index (χ0) is 6.95. The lowest BCUT2D eigenvalue weighted by Crippen LogP contribution is -1.59. The molecule has 0 aromatic heterocycles. The maximum absolute atomic E-state index is 2.66. The first kappa shape index (κ1) is 8.91. The Morgan fingerprint density at radius 3 is 2.44 bits per heavy atom.